The zero-order valence-corrected chi connectivity index (χ0v) is 13.0. The second-order valence-electron chi connectivity index (χ2n) is 5.83. The summed E-state index contributed by atoms with van der Waals surface area (Å²) in [6.07, 6.45) is -0.930. The number of aliphatic hydroxyl groups is 2. The molecule has 1 aromatic carbocycles. The van der Waals surface area contributed by atoms with E-state index in [1.54, 1.807) is 20.8 Å². The van der Waals surface area contributed by atoms with Gasteiger partial charge in [-0.1, -0.05) is 0 Å². The van der Waals surface area contributed by atoms with Crippen LogP contribution in [0.25, 0.3) is 0 Å². The van der Waals surface area contributed by atoms with Crippen LogP contribution in [-0.4, -0.2) is 57.8 Å². The lowest BCUT2D eigenvalue weighted by Crippen LogP contribution is -2.47. The first-order chi connectivity index (χ1) is 10.2. The van der Waals surface area contributed by atoms with Crippen molar-refractivity contribution < 1.29 is 30.0 Å². The van der Waals surface area contributed by atoms with Crippen molar-refractivity contribution in [3.63, 3.8) is 0 Å². The maximum atomic E-state index is 11.9. The summed E-state index contributed by atoms with van der Waals surface area (Å²) in [7, 11) is 0. The van der Waals surface area contributed by atoms with Crippen LogP contribution in [0, 0.1) is 6.92 Å². The van der Waals surface area contributed by atoms with Gasteiger partial charge in [0.15, 0.2) is 11.5 Å². The van der Waals surface area contributed by atoms with Gasteiger partial charge in [-0.3, -0.25) is 0 Å². The third-order valence-corrected chi connectivity index (χ3v) is 3.16. The van der Waals surface area contributed by atoms with Gasteiger partial charge in [-0.15, -0.1) is 0 Å². The molecule has 0 amide bonds. The molecule has 1 atom stereocenters. The van der Waals surface area contributed by atoms with Crippen molar-refractivity contribution in [2.45, 2.75) is 32.4 Å². The number of esters is 1. The molecule has 0 spiro atoms. The number of aryl methyl sites for hydroxylation is 1. The maximum absolute atomic E-state index is 11.9. The van der Waals surface area contributed by atoms with E-state index < -0.39 is 23.4 Å². The number of ether oxygens (including phenoxy) is 1. The monoisotopic (exact) mass is 313 g/mol. The second kappa shape index (κ2) is 7.44. The Morgan fingerprint density at radius 3 is 2.50 bits per heavy atom. The molecule has 0 bridgehead atoms. The summed E-state index contributed by atoms with van der Waals surface area (Å²) < 4.78 is 4.98. The van der Waals surface area contributed by atoms with Gasteiger partial charge in [-0.25, -0.2) is 4.79 Å². The number of phenolic OH excluding ortho intramolecular Hbond substituents is 2. The number of phenols is 2. The minimum atomic E-state index is -0.930. The Kier molecular flexibility index (Phi) is 6.16. The smallest absolute Gasteiger partial charge is 0.338 e. The molecule has 0 heterocycles. The minimum absolute atomic E-state index is 0.0918. The summed E-state index contributed by atoms with van der Waals surface area (Å²) in [5, 5.41) is 40.5. The zero-order valence-electron chi connectivity index (χ0n) is 13.0. The van der Waals surface area contributed by atoms with Crippen molar-refractivity contribution in [3.8, 4) is 11.5 Å². The molecule has 0 saturated carbocycles. The number of hydrogen-bond acceptors (Lipinski definition) is 7. The predicted octanol–water partition coefficient (Wildman–Crippen LogP) is 0.284. The van der Waals surface area contributed by atoms with E-state index in [0.717, 1.165) is 6.07 Å². The van der Waals surface area contributed by atoms with Crippen molar-refractivity contribution in [2.24, 2.45) is 0 Å². The molecule has 124 valence electrons. The number of nitrogens with one attached hydrogen (secondary N) is 1. The van der Waals surface area contributed by atoms with Crippen LogP contribution in [0.4, 0.5) is 0 Å². The quantitative estimate of drug-likeness (QED) is 0.362. The summed E-state index contributed by atoms with van der Waals surface area (Å²) in [4.78, 5) is 11.9. The van der Waals surface area contributed by atoms with E-state index in [-0.39, 0.29) is 31.1 Å². The van der Waals surface area contributed by atoms with Gasteiger partial charge in [0.05, 0.1) is 12.2 Å². The number of rotatable bonds is 7. The molecule has 5 N–H and O–H groups in total. The number of aliphatic hydroxyl groups excluding tert-OH is 2. The molecule has 0 aromatic heterocycles. The molecular weight excluding hydrogens is 290 g/mol. The molecule has 0 aliphatic heterocycles. The lowest BCUT2D eigenvalue weighted by molar-refractivity contribution is 0.0233. The molecule has 0 fully saturated rings. The topological polar surface area (TPSA) is 119 Å². The number of aromatic hydroxyl groups is 2. The lowest BCUT2D eigenvalue weighted by atomic mass is 10.1. The minimum Gasteiger partial charge on any atom is -0.504 e. The first-order valence-corrected chi connectivity index (χ1v) is 6.90. The fourth-order valence-corrected chi connectivity index (χ4v) is 1.66. The highest BCUT2D eigenvalue weighted by molar-refractivity contribution is 5.92. The van der Waals surface area contributed by atoms with Gasteiger partial charge in [-0.05, 0) is 38.5 Å². The largest absolute Gasteiger partial charge is 0.504 e. The zero-order chi connectivity index (χ0) is 16.9. The summed E-state index contributed by atoms with van der Waals surface area (Å²) >= 11 is 0. The van der Waals surface area contributed by atoms with Crippen LogP contribution < -0.4 is 5.32 Å². The molecule has 0 radical (unpaired) electrons. The molecule has 7 heteroatoms. The predicted molar refractivity (Wildman–Crippen MR) is 80.0 cm³/mol. The van der Waals surface area contributed by atoms with Gasteiger partial charge in [0.25, 0.3) is 0 Å². The van der Waals surface area contributed by atoms with Crippen LogP contribution in [0.15, 0.2) is 12.1 Å². The maximum Gasteiger partial charge on any atom is 0.338 e. The molecule has 1 unspecified atom stereocenters. The highest BCUT2D eigenvalue weighted by Crippen LogP contribution is 2.28. The molecule has 22 heavy (non-hydrogen) atoms. The van der Waals surface area contributed by atoms with Crippen LogP contribution in [0.1, 0.15) is 29.8 Å². The lowest BCUT2D eigenvalue weighted by Gasteiger charge is -2.25. The standard InChI is InChI=1S/C15H23NO6/c1-9-4-12(19)13(20)5-11(9)14(21)22-7-10(18)6-16-15(2,3)8-17/h4-5,10,16-20H,6-8H2,1-3H3. The number of benzene rings is 1. The van der Waals surface area contributed by atoms with Crippen molar-refractivity contribution in [1.29, 1.82) is 0 Å². The van der Waals surface area contributed by atoms with Crippen LogP contribution in [0.2, 0.25) is 0 Å². The van der Waals surface area contributed by atoms with Crippen molar-refractivity contribution in [2.75, 3.05) is 19.8 Å². The van der Waals surface area contributed by atoms with Gasteiger partial charge < -0.3 is 30.5 Å². The normalized spacial score (nSPS) is 13.0. The number of β-amino-alcohol motifs (C(OH)–C–C–N with tert-alkyl or cyclic N) is 1. The SMILES string of the molecule is Cc1cc(O)c(O)cc1C(=O)OCC(O)CNC(C)(C)CO. The van der Waals surface area contributed by atoms with Gasteiger partial charge in [0.2, 0.25) is 0 Å². The highest BCUT2D eigenvalue weighted by atomic mass is 16.5. The van der Waals surface area contributed by atoms with Crippen molar-refractivity contribution in [1.82, 2.24) is 5.32 Å². The Balaban J connectivity index is 2.54. The molecule has 0 aliphatic carbocycles. The van der Waals surface area contributed by atoms with Gasteiger partial charge in [0.1, 0.15) is 12.7 Å². The van der Waals surface area contributed by atoms with Crippen molar-refractivity contribution in [3.05, 3.63) is 23.3 Å². The number of carbonyl (C=O) groups excluding carboxylic acids is 1. The molecule has 0 saturated heterocycles. The van der Waals surface area contributed by atoms with E-state index in [1.165, 1.54) is 6.07 Å². The highest BCUT2D eigenvalue weighted by Gasteiger charge is 2.19. The molecule has 7 nitrogen and oxygen atoms in total. The fourth-order valence-electron chi connectivity index (χ4n) is 1.66. The van der Waals surface area contributed by atoms with E-state index in [1.807, 2.05) is 0 Å². The molecule has 1 aromatic rings. The van der Waals surface area contributed by atoms with Crippen LogP contribution in [-0.2, 0) is 4.74 Å². The van der Waals surface area contributed by atoms with Crippen LogP contribution >= 0.6 is 0 Å². The number of carbonyl (C=O) groups is 1. The average Bonchev–Trinajstić information content (AvgIpc) is 2.46. The van der Waals surface area contributed by atoms with E-state index in [0.29, 0.717) is 5.56 Å². The third kappa shape index (κ3) is 5.18. The average molecular weight is 313 g/mol. The van der Waals surface area contributed by atoms with E-state index >= 15 is 0 Å². The van der Waals surface area contributed by atoms with Gasteiger partial charge in [0, 0.05) is 12.1 Å². The Morgan fingerprint density at radius 1 is 1.32 bits per heavy atom. The summed E-state index contributed by atoms with van der Waals surface area (Å²) in [5.41, 5.74) is 0.0325. The number of hydrogen-bond donors (Lipinski definition) is 5. The first kappa shape index (κ1) is 18.2. The Labute approximate surface area is 129 Å². The van der Waals surface area contributed by atoms with E-state index in [9.17, 15) is 20.1 Å². The Morgan fingerprint density at radius 2 is 1.91 bits per heavy atom. The first-order valence-electron chi connectivity index (χ1n) is 6.90. The summed E-state index contributed by atoms with van der Waals surface area (Å²) in [5.74, 6) is -1.43. The Hall–Kier alpha value is -1.83. The summed E-state index contributed by atoms with van der Waals surface area (Å²) in [6, 6.07) is 2.38. The molecule has 0 aliphatic rings. The molecule has 1 rings (SSSR count). The van der Waals surface area contributed by atoms with Crippen molar-refractivity contribution >= 4 is 5.97 Å². The fraction of sp³-hybridized carbons (Fsp3) is 0.533. The second-order valence-corrected chi connectivity index (χ2v) is 5.83. The summed E-state index contributed by atoms with van der Waals surface area (Å²) in [6.45, 7) is 4.97. The third-order valence-electron chi connectivity index (χ3n) is 3.16. The van der Waals surface area contributed by atoms with Crippen LogP contribution in [0.3, 0.4) is 0 Å². The van der Waals surface area contributed by atoms with Gasteiger partial charge in [-0.2, -0.15) is 0 Å². The van der Waals surface area contributed by atoms with Crippen LogP contribution in [0.5, 0.6) is 11.5 Å². The van der Waals surface area contributed by atoms with E-state index in [2.05, 4.69) is 5.32 Å². The van der Waals surface area contributed by atoms with Gasteiger partial charge >= 0.3 is 5.97 Å². The molecular formula is C15H23NO6. The van der Waals surface area contributed by atoms with E-state index in [4.69, 9.17) is 9.84 Å². The Bertz CT molecular complexity index is 529.